The van der Waals surface area contributed by atoms with Gasteiger partial charge in [0.05, 0.1) is 5.88 Å². The average molecular weight is 304 g/mol. The van der Waals surface area contributed by atoms with E-state index in [9.17, 15) is 4.79 Å². The van der Waals surface area contributed by atoms with Gasteiger partial charge in [-0.1, -0.05) is 0 Å². The summed E-state index contributed by atoms with van der Waals surface area (Å²) in [4.78, 5) is 11.9. The summed E-state index contributed by atoms with van der Waals surface area (Å²) in [6, 6.07) is 10.4. The van der Waals surface area contributed by atoms with Crippen LogP contribution >= 0.6 is 22.9 Å². The maximum Gasteiger partial charge on any atom is 0.179 e. The lowest BCUT2D eigenvalue weighted by Gasteiger charge is -2.10. The van der Waals surface area contributed by atoms with E-state index >= 15 is 0 Å². The average Bonchev–Trinajstić information content (AvgIpc) is 3.01. The van der Waals surface area contributed by atoms with Crippen LogP contribution in [0, 0.1) is 13.8 Å². The number of carbonyl (C=O) groups is 1. The predicted octanol–water partition coefficient (Wildman–Crippen LogP) is 4.73. The second-order valence-electron chi connectivity index (χ2n) is 4.82. The molecule has 0 saturated carbocycles. The number of ketones is 1. The van der Waals surface area contributed by atoms with E-state index in [1.54, 1.807) is 11.3 Å². The van der Waals surface area contributed by atoms with E-state index in [-0.39, 0.29) is 11.7 Å². The highest BCUT2D eigenvalue weighted by molar-refractivity contribution is 7.17. The first-order chi connectivity index (χ1) is 9.61. The third-order valence-electron chi connectivity index (χ3n) is 3.55. The minimum atomic E-state index is -0.0253. The van der Waals surface area contributed by atoms with Gasteiger partial charge in [-0.15, -0.1) is 22.9 Å². The van der Waals surface area contributed by atoms with Crippen molar-refractivity contribution in [2.45, 2.75) is 13.8 Å². The molecule has 0 amide bonds. The molecule has 2 nitrogen and oxygen atoms in total. The molecule has 0 fully saturated rings. The molecule has 0 unspecified atom stereocenters. The minimum Gasteiger partial charge on any atom is -0.318 e. The number of carbonyl (C=O) groups excluding carboxylic acids is 1. The molecule has 3 aromatic rings. The number of Topliss-reactive ketones (excluding diaryl/α,β-unsaturated/α-hetero) is 1. The lowest BCUT2D eigenvalue weighted by molar-refractivity contribution is 0.102. The van der Waals surface area contributed by atoms with E-state index < -0.39 is 0 Å². The van der Waals surface area contributed by atoms with E-state index in [1.807, 2.05) is 19.9 Å². The molecule has 0 N–H and O–H groups in total. The Morgan fingerprint density at radius 3 is 2.80 bits per heavy atom. The van der Waals surface area contributed by atoms with Crippen LogP contribution in [0.25, 0.3) is 15.8 Å². The van der Waals surface area contributed by atoms with Crippen molar-refractivity contribution in [3.05, 3.63) is 52.7 Å². The second-order valence-corrected chi connectivity index (χ2v) is 6.03. The number of nitrogens with zero attached hydrogens (tertiary/aromatic N) is 1. The molecule has 2 heterocycles. The summed E-state index contributed by atoms with van der Waals surface area (Å²) in [7, 11) is 0. The molecule has 0 aliphatic carbocycles. The molecule has 20 heavy (non-hydrogen) atoms. The van der Waals surface area contributed by atoms with Crippen molar-refractivity contribution in [1.29, 1.82) is 0 Å². The number of halogens is 1. The highest BCUT2D eigenvalue weighted by Crippen LogP contribution is 2.27. The Hall–Kier alpha value is -1.58. The summed E-state index contributed by atoms with van der Waals surface area (Å²) in [5, 5.41) is 3.32. The standard InChI is InChI=1S/C16H14ClNOS/c1-10-7-14(15(19)9-17)11(2)18(10)13-3-4-16-12(8-13)5-6-20-16/h3-8H,9H2,1-2H3. The predicted molar refractivity (Wildman–Crippen MR) is 85.7 cm³/mol. The van der Waals surface area contributed by atoms with Crippen molar-refractivity contribution in [3.8, 4) is 5.69 Å². The number of hydrogen-bond donors (Lipinski definition) is 0. The van der Waals surface area contributed by atoms with E-state index in [0.29, 0.717) is 5.56 Å². The van der Waals surface area contributed by atoms with Gasteiger partial charge < -0.3 is 4.57 Å². The van der Waals surface area contributed by atoms with Crippen LogP contribution in [0.3, 0.4) is 0 Å². The van der Waals surface area contributed by atoms with Gasteiger partial charge in [0, 0.05) is 27.3 Å². The molecular weight excluding hydrogens is 290 g/mol. The van der Waals surface area contributed by atoms with E-state index in [2.05, 4.69) is 34.2 Å². The molecule has 4 heteroatoms. The molecule has 0 bridgehead atoms. The molecule has 102 valence electrons. The van der Waals surface area contributed by atoms with Gasteiger partial charge >= 0.3 is 0 Å². The first kappa shape index (κ1) is 13.4. The van der Waals surface area contributed by atoms with E-state index in [1.165, 1.54) is 10.1 Å². The zero-order chi connectivity index (χ0) is 14.3. The number of aromatic nitrogens is 1. The number of hydrogen-bond acceptors (Lipinski definition) is 2. The van der Waals surface area contributed by atoms with Crippen LogP contribution in [-0.2, 0) is 0 Å². The van der Waals surface area contributed by atoms with Crippen molar-refractivity contribution in [2.24, 2.45) is 0 Å². The van der Waals surface area contributed by atoms with Gasteiger partial charge in [-0.3, -0.25) is 4.79 Å². The third kappa shape index (κ3) is 2.07. The number of rotatable bonds is 3. The topological polar surface area (TPSA) is 22.0 Å². The Kier molecular flexibility index (Phi) is 3.40. The van der Waals surface area contributed by atoms with Crippen molar-refractivity contribution < 1.29 is 4.79 Å². The molecule has 2 aromatic heterocycles. The first-order valence-corrected chi connectivity index (χ1v) is 7.79. The van der Waals surface area contributed by atoms with Crippen LogP contribution in [0.1, 0.15) is 21.7 Å². The highest BCUT2D eigenvalue weighted by atomic mass is 35.5. The van der Waals surface area contributed by atoms with Crippen LogP contribution in [0.2, 0.25) is 0 Å². The van der Waals surface area contributed by atoms with E-state index in [0.717, 1.165) is 17.1 Å². The Labute approximate surface area is 126 Å². The van der Waals surface area contributed by atoms with Crippen LogP contribution in [0.4, 0.5) is 0 Å². The summed E-state index contributed by atoms with van der Waals surface area (Å²) in [6.45, 7) is 3.97. The summed E-state index contributed by atoms with van der Waals surface area (Å²) >= 11 is 7.40. The van der Waals surface area contributed by atoms with Gasteiger partial charge in [0.25, 0.3) is 0 Å². The molecule has 0 radical (unpaired) electrons. The number of alkyl halides is 1. The SMILES string of the molecule is Cc1cc(C(=O)CCl)c(C)n1-c1ccc2sccc2c1. The monoisotopic (exact) mass is 303 g/mol. The van der Waals surface area contributed by atoms with Crippen molar-refractivity contribution in [1.82, 2.24) is 4.57 Å². The summed E-state index contributed by atoms with van der Waals surface area (Å²) in [6.07, 6.45) is 0. The summed E-state index contributed by atoms with van der Waals surface area (Å²) in [5.41, 5.74) is 3.79. The van der Waals surface area contributed by atoms with Gasteiger partial charge in [-0.25, -0.2) is 0 Å². The summed E-state index contributed by atoms with van der Waals surface area (Å²) in [5.74, 6) is -0.00366. The number of aryl methyl sites for hydroxylation is 1. The van der Waals surface area contributed by atoms with Crippen LogP contribution in [-0.4, -0.2) is 16.2 Å². The van der Waals surface area contributed by atoms with Gasteiger partial charge in [-0.05, 0) is 54.9 Å². The largest absolute Gasteiger partial charge is 0.318 e. The smallest absolute Gasteiger partial charge is 0.179 e. The highest BCUT2D eigenvalue weighted by Gasteiger charge is 2.15. The van der Waals surface area contributed by atoms with E-state index in [4.69, 9.17) is 11.6 Å². The number of fused-ring (bicyclic) bond motifs is 1. The maximum absolute atomic E-state index is 11.9. The quantitative estimate of drug-likeness (QED) is 0.506. The number of thiophene rings is 1. The lowest BCUT2D eigenvalue weighted by Crippen LogP contribution is -2.04. The maximum atomic E-state index is 11.9. The zero-order valence-corrected chi connectivity index (χ0v) is 12.9. The van der Waals surface area contributed by atoms with Gasteiger partial charge in [0.1, 0.15) is 0 Å². The minimum absolute atomic E-state index is 0.0217. The first-order valence-electron chi connectivity index (χ1n) is 6.37. The lowest BCUT2D eigenvalue weighted by atomic mass is 10.2. The summed E-state index contributed by atoms with van der Waals surface area (Å²) < 4.78 is 3.38. The van der Waals surface area contributed by atoms with Gasteiger partial charge in [-0.2, -0.15) is 0 Å². The fourth-order valence-electron chi connectivity index (χ4n) is 2.61. The number of benzene rings is 1. The van der Waals surface area contributed by atoms with Crippen LogP contribution in [0.5, 0.6) is 0 Å². The molecule has 0 aliphatic heterocycles. The Balaban J connectivity index is 2.18. The van der Waals surface area contributed by atoms with Gasteiger partial charge in [0.2, 0.25) is 0 Å². The van der Waals surface area contributed by atoms with Crippen molar-refractivity contribution in [2.75, 3.05) is 5.88 Å². The normalized spacial score (nSPS) is 11.2. The fourth-order valence-corrected chi connectivity index (χ4v) is 3.52. The van der Waals surface area contributed by atoms with Crippen LogP contribution < -0.4 is 0 Å². The molecule has 0 atom stereocenters. The molecule has 1 aromatic carbocycles. The van der Waals surface area contributed by atoms with Crippen molar-refractivity contribution in [3.63, 3.8) is 0 Å². The molecule has 3 rings (SSSR count). The molecule has 0 saturated heterocycles. The second kappa shape index (κ2) is 5.08. The zero-order valence-electron chi connectivity index (χ0n) is 11.3. The fraction of sp³-hybridized carbons (Fsp3) is 0.188. The third-order valence-corrected chi connectivity index (χ3v) is 4.69. The van der Waals surface area contributed by atoms with Gasteiger partial charge in [0.15, 0.2) is 5.78 Å². The van der Waals surface area contributed by atoms with Crippen molar-refractivity contribution >= 4 is 38.8 Å². The molecule has 0 aliphatic rings. The molecule has 0 spiro atoms. The molecular formula is C16H14ClNOS. The Morgan fingerprint density at radius 2 is 2.05 bits per heavy atom. The van der Waals surface area contributed by atoms with Crippen LogP contribution in [0.15, 0.2) is 35.7 Å². The Bertz CT molecular complexity index is 800. The Morgan fingerprint density at radius 1 is 1.25 bits per heavy atom.